The molecule has 0 fully saturated rings. The van der Waals surface area contributed by atoms with E-state index in [1.54, 1.807) is 18.2 Å². The summed E-state index contributed by atoms with van der Waals surface area (Å²) < 4.78 is 10.9. The maximum Gasteiger partial charge on any atom is 0.335 e. The van der Waals surface area contributed by atoms with E-state index in [0.29, 0.717) is 15.8 Å². The third kappa shape index (κ3) is 5.09. The van der Waals surface area contributed by atoms with Crippen LogP contribution in [0.25, 0.3) is 0 Å². The second-order valence-corrected chi connectivity index (χ2v) is 6.77. The lowest BCUT2D eigenvalue weighted by Crippen LogP contribution is -2.34. The van der Waals surface area contributed by atoms with Crippen molar-refractivity contribution in [3.8, 4) is 11.5 Å². The van der Waals surface area contributed by atoms with Gasteiger partial charge in [0.15, 0.2) is 10.9 Å². The number of carboxylic acid groups (broad SMARTS) is 1. The van der Waals surface area contributed by atoms with Crippen LogP contribution in [0.1, 0.15) is 20.7 Å². The fraction of sp³-hybridized carbons (Fsp3) is 0.118. The number of aromatic carboxylic acids is 1. The highest BCUT2D eigenvalue weighted by Gasteiger charge is 2.16. The zero-order chi connectivity index (χ0) is 20.1. The fourth-order valence-electron chi connectivity index (χ4n) is 2.15. The zero-order valence-electron chi connectivity index (χ0n) is 14.1. The molecule has 0 aliphatic carbocycles. The summed E-state index contributed by atoms with van der Waals surface area (Å²) in [6.07, 6.45) is 0. The van der Waals surface area contributed by atoms with Crippen LogP contribution in [0.5, 0.6) is 11.5 Å². The minimum absolute atomic E-state index is 0.0520. The highest BCUT2D eigenvalue weighted by Crippen LogP contribution is 2.34. The maximum absolute atomic E-state index is 12.3. The number of carboxylic acids is 1. The third-order valence-electron chi connectivity index (χ3n) is 3.38. The highest BCUT2D eigenvalue weighted by molar-refractivity contribution is 9.10. The van der Waals surface area contributed by atoms with E-state index in [0.717, 1.165) is 0 Å². The van der Waals surface area contributed by atoms with Crippen molar-refractivity contribution in [2.24, 2.45) is 0 Å². The minimum Gasteiger partial charge on any atom is -0.496 e. The molecule has 0 bridgehead atoms. The SMILES string of the molecule is COc1ccc(C(=O)NC(=S)Nc2cc(C(=O)O)cc(Cl)c2OC)cc1Br. The molecule has 3 N–H and O–H groups in total. The molecular formula is C17H14BrClN2O5S. The third-order valence-corrected chi connectivity index (χ3v) is 4.49. The number of methoxy groups -OCH3 is 2. The molecule has 10 heteroatoms. The van der Waals surface area contributed by atoms with Gasteiger partial charge in [0.05, 0.1) is 35.0 Å². The van der Waals surface area contributed by atoms with Crippen LogP contribution in [-0.2, 0) is 0 Å². The van der Waals surface area contributed by atoms with Crippen molar-refractivity contribution < 1.29 is 24.2 Å². The van der Waals surface area contributed by atoms with E-state index >= 15 is 0 Å². The lowest BCUT2D eigenvalue weighted by molar-refractivity contribution is 0.0696. The highest BCUT2D eigenvalue weighted by atomic mass is 79.9. The number of nitrogens with one attached hydrogen (secondary N) is 2. The molecular weight excluding hydrogens is 460 g/mol. The lowest BCUT2D eigenvalue weighted by atomic mass is 10.2. The molecule has 0 heterocycles. The molecule has 0 saturated heterocycles. The second kappa shape index (κ2) is 9.03. The summed E-state index contributed by atoms with van der Waals surface area (Å²) in [7, 11) is 2.89. The summed E-state index contributed by atoms with van der Waals surface area (Å²) in [6, 6.07) is 7.35. The molecule has 0 aromatic heterocycles. The van der Waals surface area contributed by atoms with Gasteiger partial charge in [0.25, 0.3) is 5.91 Å². The summed E-state index contributed by atoms with van der Waals surface area (Å²) in [4.78, 5) is 23.5. The van der Waals surface area contributed by atoms with E-state index in [1.165, 1.54) is 26.4 Å². The number of halogens is 2. The summed E-state index contributed by atoms with van der Waals surface area (Å²) >= 11 is 14.5. The Balaban J connectivity index is 2.19. The molecule has 7 nitrogen and oxygen atoms in total. The molecule has 0 aliphatic rings. The van der Waals surface area contributed by atoms with Gasteiger partial charge in [0.1, 0.15) is 5.75 Å². The first-order valence-corrected chi connectivity index (χ1v) is 8.91. The smallest absolute Gasteiger partial charge is 0.335 e. The van der Waals surface area contributed by atoms with Crippen molar-refractivity contribution in [3.05, 3.63) is 51.0 Å². The van der Waals surface area contributed by atoms with E-state index in [4.69, 9.17) is 38.4 Å². The number of hydrogen-bond acceptors (Lipinski definition) is 5. The van der Waals surface area contributed by atoms with Crippen LogP contribution >= 0.6 is 39.7 Å². The van der Waals surface area contributed by atoms with Gasteiger partial charge in [-0.1, -0.05) is 11.6 Å². The molecule has 2 rings (SSSR count). The van der Waals surface area contributed by atoms with Gasteiger partial charge in [-0.05, 0) is 58.5 Å². The lowest BCUT2D eigenvalue weighted by Gasteiger charge is -2.15. The number of carbonyl (C=O) groups excluding carboxylic acids is 1. The van der Waals surface area contributed by atoms with Crippen molar-refractivity contribution in [1.82, 2.24) is 5.32 Å². The fourth-order valence-corrected chi connectivity index (χ4v) is 3.19. The van der Waals surface area contributed by atoms with Gasteiger partial charge in [-0.25, -0.2) is 4.79 Å². The number of thiocarbonyl (C=S) groups is 1. The number of anilines is 1. The number of carbonyl (C=O) groups is 2. The maximum atomic E-state index is 12.3. The number of hydrogen-bond donors (Lipinski definition) is 3. The zero-order valence-corrected chi connectivity index (χ0v) is 17.3. The molecule has 0 spiro atoms. The normalized spacial score (nSPS) is 10.1. The summed E-state index contributed by atoms with van der Waals surface area (Å²) in [5, 5.41) is 14.4. The van der Waals surface area contributed by atoms with Crippen LogP contribution in [0, 0.1) is 0 Å². The molecule has 2 aromatic rings. The van der Waals surface area contributed by atoms with Gasteiger partial charge in [0.2, 0.25) is 0 Å². The summed E-state index contributed by atoms with van der Waals surface area (Å²) in [6.45, 7) is 0. The van der Waals surface area contributed by atoms with Crippen molar-refractivity contribution >= 4 is 62.4 Å². The number of ether oxygens (including phenoxy) is 2. The van der Waals surface area contributed by atoms with Gasteiger partial charge in [0, 0.05) is 5.56 Å². The van der Waals surface area contributed by atoms with E-state index in [1.807, 2.05) is 0 Å². The Morgan fingerprint density at radius 1 is 1.15 bits per heavy atom. The molecule has 142 valence electrons. The minimum atomic E-state index is -1.17. The average Bonchev–Trinajstić information content (AvgIpc) is 2.61. The van der Waals surface area contributed by atoms with Crippen molar-refractivity contribution in [2.75, 3.05) is 19.5 Å². The number of amides is 1. The standard InChI is InChI=1S/C17H14BrClN2O5S/c1-25-13-4-3-8(5-10(13)18)15(22)21-17(27)20-12-7-9(16(23)24)6-11(19)14(12)26-2/h3-7H,1-2H3,(H,23,24)(H2,20,21,22,27). The van der Waals surface area contributed by atoms with Crippen LogP contribution in [0.3, 0.4) is 0 Å². The van der Waals surface area contributed by atoms with Gasteiger partial charge in [-0.15, -0.1) is 0 Å². The quantitative estimate of drug-likeness (QED) is 0.566. The van der Waals surface area contributed by atoms with E-state index in [2.05, 4.69) is 26.6 Å². The van der Waals surface area contributed by atoms with Gasteiger partial charge in [-0.2, -0.15) is 0 Å². The molecule has 0 radical (unpaired) electrons. The van der Waals surface area contributed by atoms with E-state index < -0.39 is 11.9 Å². The first kappa shape index (κ1) is 20.9. The first-order chi connectivity index (χ1) is 12.8. The van der Waals surface area contributed by atoms with Gasteiger partial charge < -0.3 is 19.9 Å². The number of rotatable bonds is 5. The Morgan fingerprint density at radius 2 is 1.85 bits per heavy atom. The Labute approximate surface area is 173 Å². The topological polar surface area (TPSA) is 96.9 Å². The van der Waals surface area contributed by atoms with Crippen molar-refractivity contribution in [1.29, 1.82) is 0 Å². The Kier molecular flexibility index (Phi) is 7.00. The van der Waals surface area contributed by atoms with E-state index in [9.17, 15) is 9.59 Å². The van der Waals surface area contributed by atoms with E-state index in [-0.39, 0.29) is 27.1 Å². The molecule has 0 unspecified atom stereocenters. The van der Waals surface area contributed by atoms with Crippen LogP contribution < -0.4 is 20.1 Å². The Morgan fingerprint density at radius 3 is 2.41 bits per heavy atom. The Bertz CT molecular complexity index is 922. The van der Waals surface area contributed by atoms with Crippen LogP contribution in [-0.4, -0.2) is 36.3 Å². The molecule has 27 heavy (non-hydrogen) atoms. The molecule has 1 amide bonds. The van der Waals surface area contributed by atoms with Crippen molar-refractivity contribution in [2.45, 2.75) is 0 Å². The van der Waals surface area contributed by atoms with Gasteiger partial charge >= 0.3 is 5.97 Å². The average molecular weight is 474 g/mol. The first-order valence-electron chi connectivity index (χ1n) is 7.33. The van der Waals surface area contributed by atoms with Crippen LogP contribution in [0.15, 0.2) is 34.8 Å². The predicted octanol–water partition coefficient (Wildman–Crippen LogP) is 3.94. The monoisotopic (exact) mass is 472 g/mol. The largest absolute Gasteiger partial charge is 0.496 e. The number of benzene rings is 2. The van der Waals surface area contributed by atoms with Crippen LogP contribution in [0.4, 0.5) is 5.69 Å². The Hall–Kier alpha value is -2.36. The molecule has 0 atom stereocenters. The van der Waals surface area contributed by atoms with Gasteiger partial charge in [-0.3, -0.25) is 10.1 Å². The predicted molar refractivity (Wildman–Crippen MR) is 109 cm³/mol. The molecule has 0 aliphatic heterocycles. The molecule has 2 aromatic carbocycles. The molecule has 0 saturated carbocycles. The second-order valence-electron chi connectivity index (χ2n) is 5.10. The van der Waals surface area contributed by atoms with Crippen molar-refractivity contribution in [3.63, 3.8) is 0 Å². The summed E-state index contributed by atoms with van der Waals surface area (Å²) in [5.74, 6) is -0.849. The summed E-state index contributed by atoms with van der Waals surface area (Å²) in [5.41, 5.74) is 0.497. The van der Waals surface area contributed by atoms with Crippen LogP contribution in [0.2, 0.25) is 5.02 Å².